The van der Waals surface area contributed by atoms with Gasteiger partial charge in [-0.1, -0.05) is 51.8 Å². The zero-order valence-corrected chi connectivity index (χ0v) is 13.3. The van der Waals surface area contributed by atoms with E-state index < -0.39 is 5.82 Å². The molecule has 106 valence electrons. The fraction of sp³-hybridized carbons (Fsp3) is 0.200. The molecule has 2 aromatic rings. The van der Waals surface area contributed by atoms with E-state index in [1.165, 1.54) is 6.07 Å². The van der Waals surface area contributed by atoms with Gasteiger partial charge in [0.05, 0.1) is 11.1 Å². The van der Waals surface area contributed by atoms with Gasteiger partial charge in [-0.2, -0.15) is 0 Å². The van der Waals surface area contributed by atoms with Crippen molar-refractivity contribution in [2.24, 2.45) is 5.84 Å². The van der Waals surface area contributed by atoms with E-state index in [0.717, 1.165) is 21.2 Å². The summed E-state index contributed by atoms with van der Waals surface area (Å²) in [5.41, 5.74) is 5.65. The van der Waals surface area contributed by atoms with Gasteiger partial charge < -0.3 is 0 Å². The number of rotatable bonds is 4. The van der Waals surface area contributed by atoms with Crippen molar-refractivity contribution in [1.29, 1.82) is 0 Å². The van der Waals surface area contributed by atoms with Crippen LogP contribution in [0.1, 0.15) is 22.7 Å². The lowest BCUT2D eigenvalue weighted by Crippen LogP contribution is -2.29. The van der Waals surface area contributed by atoms with Gasteiger partial charge in [0.15, 0.2) is 0 Å². The minimum Gasteiger partial charge on any atom is -0.271 e. The fourth-order valence-electron chi connectivity index (χ4n) is 2.08. The van der Waals surface area contributed by atoms with E-state index >= 15 is 0 Å². The van der Waals surface area contributed by atoms with Crippen molar-refractivity contribution in [2.75, 3.05) is 0 Å². The first-order valence-electron chi connectivity index (χ1n) is 6.18. The lowest BCUT2D eigenvalue weighted by atomic mass is 9.98. The van der Waals surface area contributed by atoms with Gasteiger partial charge in [-0.3, -0.25) is 11.3 Å². The molecule has 0 spiro atoms. The number of hydrazine groups is 1. The van der Waals surface area contributed by atoms with Crippen LogP contribution in [0.5, 0.6) is 0 Å². The summed E-state index contributed by atoms with van der Waals surface area (Å²) in [5, 5.41) is 0.154. The van der Waals surface area contributed by atoms with Crippen LogP contribution in [0.4, 0.5) is 4.39 Å². The molecule has 0 amide bonds. The summed E-state index contributed by atoms with van der Waals surface area (Å²) in [6, 6.07) is 10.7. The van der Waals surface area contributed by atoms with Crippen molar-refractivity contribution in [3.05, 3.63) is 68.4 Å². The second-order valence-electron chi connectivity index (χ2n) is 4.64. The molecule has 3 N–H and O–H groups in total. The number of nitrogens with one attached hydrogen (secondary N) is 1. The molecule has 2 rings (SSSR count). The molecule has 1 atom stereocenters. The lowest BCUT2D eigenvalue weighted by Gasteiger charge is -2.18. The van der Waals surface area contributed by atoms with E-state index in [9.17, 15) is 4.39 Å². The number of halogens is 3. The number of hydrogen-bond acceptors (Lipinski definition) is 2. The van der Waals surface area contributed by atoms with E-state index in [4.69, 9.17) is 17.4 Å². The molecule has 0 radical (unpaired) electrons. The molecule has 0 heterocycles. The summed E-state index contributed by atoms with van der Waals surface area (Å²) in [7, 11) is 0. The van der Waals surface area contributed by atoms with E-state index in [1.807, 2.05) is 31.2 Å². The Kier molecular flexibility index (Phi) is 5.16. The van der Waals surface area contributed by atoms with Crippen molar-refractivity contribution >= 4 is 27.5 Å². The molecular weight excluding hydrogens is 343 g/mol. The number of aryl methyl sites for hydroxylation is 1. The standard InChI is InChI=1S/C15H15BrClFN2/c1-9-7-10(5-6-12(9)16)14(20-19)8-11-3-2-4-13(18)15(11)17/h2-7,14,20H,8,19H2,1H3. The van der Waals surface area contributed by atoms with Crippen LogP contribution >= 0.6 is 27.5 Å². The van der Waals surface area contributed by atoms with Crippen molar-refractivity contribution in [3.8, 4) is 0 Å². The summed E-state index contributed by atoms with van der Waals surface area (Å²) in [5.74, 6) is 5.22. The quantitative estimate of drug-likeness (QED) is 0.632. The average Bonchev–Trinajstić information content (AvgIpc) is 2.44. The maximum absolute atomic E-state index is 13.5. The van der Waals surface area contributed by atoms with Gasteiger partial charge in [0.2, 0.25) is 0 Å². The van der Waals surface area contributed by atoms with Crippen LogP contribution in [-0.4, -0.2) is 0 Å². The van der Waals surface area contributed by atoms with Gasteiger partial charge in [-0.25, -0.2) is 4.39 Å². The molecule has 2 aromatic carbocycles. The molecule has 5 heteroatoms. The van der Waals surface area contributed by atoms with Gasteiger partial charge >= 0.3 is 0 Å². The molecule has 0 aromatic heterocycles. The van der Waals surface area contributed by atoms with E-state index in [2.05, 4.69) is 21.4 Å². The Morgan fingerprint density at radius 1 is 1.35 bits per heavy atom. The molecule has 0 aliphatic carbocycles. The molecule has 2 nitrogen and oxygen atoms in total. The fourth-order valence-corrected chi connectivity index (χ4v) is 2.53. The van der Waals surface area contributed by atoms with Crippen molar-refractivity contribution in [1.82, 2.24) is 5.43 Å². The van der Waals surface area contributed by atoms with Crippen LogP contribution in [0.15, 0.2) is 40.9 Å². The predicted octanol–water partition coefficient (Wildman–Crippen LogP) is 4.30. The molecule has 0 aliphatic heterocycles. The van der Waals surface area contributed by atoms with Crippen LogP contribution in [0.25, 0.3) is 0 Å². The SMILES string of the molecule is Cc1cc(C(Cc2cccc(F)c2Cl)NN)ccc1Br. The first-order chi connectivity index (χ1) is 9.52. The van der Waals surface area contributed by atoms with Gasteiger partial charge in [0.1, 0.15) is 5.82 Å². The molecule has 1 unspecified atom stereocenters. The Hall–Kier alpha value is -0.940. The molecule has 0 bridgehead atoms. The summed E-state index contributed by atoms with van der Waals surface area (Å²) in [6.07, 6.45) is 0.522. The van der Waals surface area contributed by atoms with Crippen LogP contribution in [0.2, 0.25) is 5.02 Å². The summed E-state index contributed by atoms with van der Waals surface area (Å²) >= 11 is 9.45. The first-order valence-corrected chi connectivity index (χ1v) is 7.35. The third-order valence-corrected chi connectivity index (χ3v) is 4.55. The van der Waals surface area contributed by atoms with Gasteiger partial charge in [-0.05, 0) is 42.2 Å². The van der Waals surface area contributed by atoms with E-state index in [-0.39, 0.29) is 11.1 Å². The Balaban J connectivity index is 2.28. The second kappa shape index (κ2) is 6.68. The average molecular weight is 358 g/mol. The van der Waals surface area contributed by atoms with Crippen LogP contribution in [-0.2, 0) is 6.42 Å². The maximum Gasteiger partial charge on any atom is 0.142 e. The van der Waals surface area contributed by atoms with Crippen molar-refractivity contribution < 1.29 is 4.39 Å². The van der Waals surface area contributed by atoms with E-state index in [0.29, 0.717) is 6.42 Å². The van der Waals surface area contributed by atoms with Crippen molar-refractivity contribution in [2.45, 2.75) is 19.4 Å². The predicted molar refractivity (Wildman–Crippen MR) is 84.1 cm³/mol. The third-order valence-electron chi connectivity index (χ3n) is 3.24. The van der Waals surface area contributed by atoms with Crippen LogP contribution in [0.3, 0.4) is 0 Å². The Bertz CT molecular complexity index is 619. The summed E-state index contributed by atoms with van der Waals surface area (Å²) in [6.45, 7) is 2.01. The van der Waals surface area contributed by atoms with E-state index in [1.54, 1.807) is 6.07 Å². The molecule has 0 fully saturated rings. The molecule has 20 heavy (non-hydrogen) atoms. The number of hydrogen-bond donors (Lipinski definition) is 2. The maximum atomic E-state index is 13.5. The first kappa shape index (κ1) is 15.4. The normalized spacial score (nSPS) is 12.4. The zero-order chi connectivity index (χ0) is 14.7. The largest absolute Gasteiger partial charge is 0.271 e. The Morgan fingerprint density at radius 3 is 2.75 bits per heavy atom. The van der Waals surface area contributed by atoms with Gasteiger partial charge in [0.25, 0.3) is 0 Å². The lowest BCUT2D eigenvalue weighted by molar-refractivity contribution is 0.548. The third kappa shape index (κ3) is 3.38. The molecule has 0 saturated heterocycles. The Morgan fingerprint density at radius 2 is 2.10 bits per heavy atom. The summed E-state index contributed by atoms with van der Waals surface area (Å²) in [4.78, 5) is 0. The van der Waals surface area contributed by atoms with Crippen LogP contribution < -0.4 is 11.3 Å². The topological polar surface area (TPSA) is 38.0 Å². The number of benzene rings is 2. The summed E-state index contributed by atoms with van der Waals surface area (Å²) < 4.78 is 14.5. The molecule has 0 aliphatic rings. The minimum absolute atomic E-state index is 0.124. The molecular formula is C15H15BrClFN2. The highest BCUT2D eigenvalue weighted by Crippen LogP contribution is 2.27. The Labute approximate surface area is 131 Å². The van der Waals surface area contributed by atoms with Crippen molar-refractivity contribution in [3.63, 3.8) is 0 Å². The minimum atomic E-state index is -0.410. The molecule has 0 saturated carbocycles. The highest BCUT2D eigenvalue weighted by atomic mass is 79.9. The van der Waals surface area contributed by atoms with Crippen LogP contribution in [0, 0.1) is 12.7 Å². The zero-order valence-electron chi connectivity index (χ0n) is 11.0. The second-order valence-corrected chi connectivity index (χ2v) is 5.88. The number of nitrogens with two attached hydrogens (primary N) is 1. The highest BCUT2D eigenvalue weighted by molar-refractivity contribution is 9.10. The smallest absolute Gasteiger partial charge is 0.142 e. The van der Waals surface area contributed by atoms with Gasteiger partial charge in [-0.15, -0.1) is 0 Å². The highest BCUT2D eigenvalue weighted by Gasteiger charge is 2.15. The van der Waals surface area contributed by atoms with Gasteiger partial charge in [0, 0.05) is 4.47 Å². The monoisotopic (exact) mass is 356 g/mol.